The van der Waals surface area contributed by atoms with Crippen molar-refractivity contribution in [1.29, 1.82) is 0 Å². The lowest BCUT2D eigenvalue weighted by atomic mass is 9.93. The molecule has 0 aromatic heterocycles. The maximum atomic E-state index is 13.2. The van der Waals surface area contributed by atoms with Gasteiger partial charge in [0, 0.05) is 12.1 Å². The van der Waals surface area contributed by atoms with Crippen molar-refractivity contribution in [3.8, 4) is 11.5 Å². The molecule has 1 aliphatic heterocycles. The molecule has 1 atom stereocenters. The number of hydrogen-bond donors (Lipinski definition) is 2. The van der Waals surface area contributed by atoms with Crippen LogP contribution in [0, 0.1) is 13.8 Å². The monoisotopic (exact) mass is 443 g/mol. The minimum Gasteiger partial charge on any atom is -0.507 e. The number of aromatic hydroxyl groups is 1. The maximum absolute atomic E-state index is 13.2. The van der Waals surface area contributed by atoms with Crippen LogP contribution in [0.15, 0.2) is 72.3 Å². The standard InChI is InChI=1S/C27H25NO5/c1-16-9-10-17(2)20(13-16)25(30)23-24(19-11-12-21(29)22(14-19)33-3)28(27(32)26(23)31)15-18-7-5-4-6-8-18/h4-14,24,29-30H,15H2,1-3H3. The molecule has 4 rings (SSSR count). The van der Waals surface area contributed by atoms with Gasteiger partial charge >= 0.3 is 0 Å². The van der Waals surface area contributed by atoms with Crippen molar-refractivity contribution in [1.82, 2.24) is 4.90 Å². The zero-order valence-electron chi connectivity index (χ0n) is 18.7. The number of carbonyl (C=O) groups excluding carboxylic acids is 2. The highest BCUT2D eigenvalue weighted by Gasteiger charge is 2.46. The van der Waals surface area contributed by atoms with Crippen molar-refractivity contribution in [2.45, 2.75) is 26.4 Å². The number of likely N-dealkylation sites (tertiary alicyclic amines) is 1. The van der Waals surface area contributed by atoms with Gasteiger partial charge in [-0.3, -0.25) is 9.59 Å². The molecule has 168 valence electrons. The summed E-state index contributed by atoms with van der Waals surface area (Å²) in [5.41, 5.74) is 3.62. The van der Waals surface area contributed by atoms with Gasteiger partial charge in [0.05, 0.1) is 18.7 Å². The normalized spacial score (nSPS) is 17.4. The minimum absolute atomic E-state index is 0.0115. The molecular weight excluding hydrogens is 418 g/mol. The van der Waals surface area contributed by atoms with Gasteiger partial charge in [0.1, 0.15) is 5.76 Å². The molecule has 0 aliphatic carbocycles. The molecule has 1 aliphatic rings. The lowest BCUT2D eigenvalue weighted by Crippen LogP contribution is -2.29. The summed E-state index contributed by atoms with van der Waals surface area (Å²) in [5, 5.41) is 21.4. The van der Waals surface area contributed by atoms with E-state index in [1.165, 1.54) is 18.1 Å². The molecule has 1 unspecified atom stereocenters. The Morgan fingerprint density at radius 2 is 1.73 bits per heavy atom. The Morgan fingerprint density at radius 1 is 1.00 bits per heavy atom. The topological polar surface area (TPSA) is 87.1 Å². The Balaban J connectivity index is 1.93. The molecule has 0 spiro atoms. The Morgan fingerprint density at radius 3 is 2.42 bits per heavy atom. The summed E-state index contributed by atoms with van der Waals surface area (Å²) in [6.07, 6.45) is 0. The van der Waals surface area contributed by atoms with E-state index in [0.717, 1.165) is 16.7 Å². The number of nitrogens with zero attached hydrogens (tertiary/aromatic N) is 1. The fraction of sp³-hybridized carbons (Fsp3) is 0.185. The first kappa shape index (κ1) is 22.1. The van der Waals surface area contributed by atoms with Crippen LogP contribution >= 0.6 is 0 Å². The molecule has 33 heavy (non-hydrogen) atoms. The van der Waals surface area contributed by atoms with Gasteiger partial charge in [0.2, 0.25) is 0 Å². The van der Waals surface area contributed by atoms with Gasteiger partial charge in [-0.15, -0.1) is 0 Å². The predicted octanol–water partition coefficient (Wildman–Crippen LogP) is 4.64. The third-order valence-electron chi connectivity index (χ3n) is 5.90. The molecule has 6 heteroatoms. The average Bonchev–Trinajstić information content (AvgIpc) is 3.06. The van der Waals surface area contributed by atoms with E-state index in [1.807, 2.05) is 56.3 Å². The summed E-state index contributed by atoms with van der Waals surface area (Å²) in [4.78, 5) is 27.8. The van der Waals surface area contributed by atoms with Crippen molar-refractivity contribution < 1.29 is 24.5 Å². The van der Waals surface area contributed by atoms with Crippen molar-refractivity contribution >= 4 is 17.4 Å². The van der Waals surface area contributed by atoms with Gasteiger partial charge < -0.3 is 19.8 Å². The van der Waals surface area contributed by atoms with E-state index in [2.05, 4.69) is 0 Å². The second-order valence-electron chi connectivity index (χ2n) is 8.16. The maximum Gasteiger partial charge on any atom is 0.295 e. The molecular formula is C27H25NO5. The number of amides is 1. The van der Waals surface area contributed by atoms with E-state index in [9.17, 15) is 19.8 Å². The van der Waals surface area contributed by atoms with E-state index in [0.29, 0.717) is 11.1 Å². The van der Waals surface area contributed by atoms with E-state index < -0.39 is 17.7 Å². The summed E-state index contributed by atoms with van der Waals surface area (Å²) in [6.45, 7) is 3.92. The lowest BCUT2D eigenvalue weighted by molar-refractivity contribution is -0.140. The van der Waals surface area contributed by atoms with Crippen molar-refractivity contribution in [3.05, 3.63) is 100 Å². The van der Waals surface area contributed by atoms with Crippen molar-refractivity contribution in [2.24, 2.45) is 0 Å². The van der Waals surface area contributed by atoms with Crippen LogP contribution in [0.1, 0.15) is 33.9 Å². The number of rotatable bonds is 5. The summed E-state index contributed by atoms with van der Waals surface area (Å²) in [6, 6.07) is 18.7. The third kappa shape index (κ3) is 4.07. The number of hydrogen-bond acceptors (Lipinski definition) is 5. The number of methoxy groups -OCH3 is 1. The van der Waals surface area contributed by atoms with Gasteiger partial charge in [0.25, 0.3) is 11.7 Å². The van der Waals surface area contributed by atoms with E-state index in [1.54, 1.807) is 18.2 Å². The number of aliphatic hydroxyl groups is 1. The Kier molecular flexibility index (Phi) is 5.92. The first-order valence-electron chi connectivity index (χ1n) is 10.6. The van der Waals surface area contributed by atoms with E-state index >= 15 is 0 Å². The molecule has 1 fully saturated rings. The zero-order valence-corrected chi connectivity index (χ0v) is 18.7. The lowest BCUT2D eigenvalue weighted by Gasteiger charge is -2.26. The highest BCUT2D eigenvalue weighted by Crippen LogP contribution is 2.42. The third-order valence-corrected chi connectivity index (χ3v) is 5.90. The second-order valence-corrected chi connectivity index (χ2v) is 8.16. The molecule has 0 saturated carbocycles. The zero-order chi connectivity index (χ0) is 23.7. The van der Waals surface area contributed by atoms with E-state index in [-0.39, 0.29) is 29.4 Å². The van der Waals surface area contributed by atoms with Gasteiger partial charge in [-0.25, -0.2) is 0 Å². The Hall–Kier alpha value is -4.06. The van der Waals surface area contributed by atoms with Crippen LogP contribution in [0.25, 0.3) is 5.76 Å². The fourth-order valence-electron chi connectivity index (χ4n) is 4.17. The van der Waals surface area contributed by atoms with Crippen LogP contribution in [0.3, 0.4) is 0 Å². The van der Waals surface area contributed by atoms with Gasteiger partial charge in [-0.2, -0.15) is 0 Å². The van der Waals surface area contributed by atoms with Gasteiger partial charge in [-0.1, -0.05) is 54.1 Å². The number of phenols is 1. The summed E-state index contributed by atoms with van der Waals surface area (Å²) in [5.74, 6) is -1.51. The number of ketones is 1. The van der Waals surface area contributed by atoms with Crippen LogP contribution in [0.4, 0.5) is 0 Å². The van der Waals surface area contributed by atoms with Crippen LogP contribution in [-0.4, -0.2) is 33.9 Å². The van der Waals surface area contributed by atoms with Crippen molar-refractivity contribution in [2.75, 3.05) is 7.11 Å². The quantitative estimate of drug-likeness (QED) is 0.341. The van der Waals surface area contributed by atoms with Gasteiger partial charge in [0.15, 0.2) is 11.5 Å². The molecule has 1 amide bonds. The molecule has 0 radical (unpaired) electrons. The van der Waals surface area contributed by atoms with E-state index in [4.69, 9.17) is 4.74 Å². The molecule has 1 heterocycles. The van der Waals surface area contributed by atoms with Gasteiger partial charge in [-0.05, 0) is 48.7 Å². The average molecular weight is 443 g/mol. The summed E-state index contributed by atoms with van der Waals surface area (Å²) < 4.78 is 5.25. The number of Topliss-reactive ketones (excluding diaryl/α,β-unsaturated/α-hetero) is 1. The fourth-order valence-corrected chi connectivity index (χ4v) is 4.17. The smallest absolute Gasteiger partial charge is 0.295 e. The summed E-state index contributed by atoms with van der Waals surface area (Å²) in [7, 11) is 1.43. The Labute approximate surface area is 192 Å². The highest BCUT2D eigenvalue weighted by atomic mass is 16.5. The number of benzene rings is 3. The SMILES string of the molecule is COc1cc(C2C(=C(O)c3cc(C)ccc3C)C(=O)C(=O)N2Cc2ccccc2)ccc1O. The Bertz CT molecular complexity index is 1260. The van der Waals surface area contributed by atoms with Crippen LogP contribution < -0.4 is 4.74 Å². The number of ether oxygens (including phenoxy) is 1. The van der Waals surface area contributed by atoms with Crippen LogP contribution in [0.5, 0.6) is 11.5 Å². The predicted molar refractivity (Wildman–Crippen MR) is 125 cm³/mol. The number of carbonyl (C=O) groups is 2. The molecule has 3 aromatic carbocycles. The largest absolute Gasteiger partial charge is 0.507 e. The number of phenolic OH excluding ortho intramolecular Hbond substituents is 1. The first-order chi connectivity index (χ1) is 15.8. The number of aliphatic hydroxyl groups excluding tert-OH is 1. The van der Waals surface area contributed by atoms with Crippen molar-refractivity contribution in [3.63, 3.8) is 0 Å². The molecule has 1 saturated heterocycles. The molecule has 0 bridgehead atoms. The summed E-state index contributed by atoms with van der Waals surface area (Å²) >= 11 is 0. The minimum atomic E-state index is -0.848. The molecule has 2 N–H and O–H groups in total. The molecule has 6 nitrogen and oxygen atoms in total. The molecule has 3 aromatic rings. The second kappa shape index (κ2) is 8.82. The first-order valence-corrected chi connectivity index (χ1v) is 10.6. The number of aryl methyl sites for hydroxylation is 2. The van der Waals surface area contributed by atoms with Crippen LogP contribution in [0.2, 0.25) is 0 Å². The highest BCUT2D eigenvalue weighted by molar-refractivity contribution is 6.46. The van der Waals surface area contributed by atoms with Crippen LogP contribution in [-0.2, 0) is 16.1 Å².